The number of amides is 1. The maximum Gasteiger partial charge on any atom is 0.490 e. The van der Waals surface area contributed by atoms with Crippen molar-refractivity contribution in [1.82, 2.24) is 34.8 Å². The molecule has 9 N–H and O–H groups in total. The Morgan fingerprint density at radius 1 is 1.11 bits per heavy atom. The molecule has 250 valence electrons. The summed E-state index contributed by atoms with van der Waals surface area (Å²) in [5.41, 5.74) is -0.673. The van der Waals surface area contributed by atoms with Crippen molar-refractivity contribution in [2.45, 2.75) is 12.6 Å². The zero-order chi connectivity index (χ0) is 33.7. The van der Waals surface area contributed by atoms with E-state index in [2.05, 4.69) is 48.7 Å². The Balaban J connectivity index is 1.32. The molecule has 46 heavy (non-hydrogen) atoms. The summed E-state index contributed by atoms with van der Waals surface area (Å²) in [6.45, 7) is -1.16. The highest BCUT2D eigenvalue weighted by Gasteiger charge is 2.41. The summed E-state index contributed by atoms with van der Waals surface area (Å²) in [6.07, 6.45) is 4.68. The molecule has 1 aliphatic heterocycles. The van der Waals surface area contributed by atoms with Gasteiger partial charge in [0.05, 0.1) is 31.6 Å². The Labute approximate surface area is 255 Å². The van der Waals surface area contributed by atoms with Gasteiger partial charge < -0.3 is 45.0 Å². The van der Waals surface area contributed by atoms with Crippen molar-refractivity contribution < 1.29 is 61.1 Å². The SMILES string of the molecule is O=C(/C=C/c1cn(CC2=C(O)[C@@H](COP(=O)(O)OP(=O)(O)OP(=O)(O)O)OC2)c(=O)[nH]c1=O)NCCNc1ncnc2nc[nH]c12. The number of aliphatic hydroxyl groups excluding tert-OH is 1. The van der Waals surface area contributed by atoms with Gasteiger partial charge in [-0.15, -0.1) is 0 Å². The molecule has 4 rings (SSSR count). The number of hydrogen-bond donors (Lipinski definition) is 9. The molecule has 23 nitrogen and oxygen atoms in total. The second-order valence-corrected chi connectivity index (χ2v) is 13.4. The van der Waals surface area contributed by atoms with Crippen LogP contribution in [0, 0.1) is 0 Å². The Hall–Kier alpha value is -3.85. The maximum absolute atomic E-state index is 12.4. The summed E-state index contributed by atoms with van der Waals surface area (Å²) in [7, 11) is -16.8. The van der Waals surface area contributed by atoms with Gasteiger partial charge in [-0.05, 0) is 6.08 Å². The number of fused-ring (bicyclic) bond motifs is 1. The lowest BCUT2D eigenvalue weighted by atomic mass is 10.2. The molecular formula is C20H25N8O15P3. The van der Waals surface area contributed by atoms with Crippen molar-refractivity contribution in [3.63, 3.8) is 0 Å². The number of aromatic nitrogens is 6. The molecule has 0 saturated carbocycles. The van der Waals surface area contributed by atoms with E-state index in [0.29, 0.717) is 23.5 Å². The zero-order valence-corrected chi connectivity index (χ0v) is 25.6. The van der Waals surface area contributed by atoms with E-state index in [1.165, 1.54) is 12.7 Å². The molecule has 1 amide bonds. The number of imidazole rings is 1. The van der Waals surface area contributed by atoms with E-state index in [-0.39, 0.29) is 30.8 Å². The Morgan fingerprint density at radius 2 is 1.87 bits per heavy atom. The van der Waals surface area contributed by atoms with Gasteiger partial charge in [-0.1, -0.05) is 0 Å². The number of rotatable bonds is 15. The minimum Gasteiger partial charge on any atom is -0.509 e. The summed E-state index contributed by atoms with van der Waals surface area (Å²) in [4.78, 5) is 89.9. The zero-order valence-electron chi connectivity index (χ0n) is 22.9. The molecular weight excluding hydrogens is 685 g/mol. The smallest absolute Gasteiger partial charge is 0.490 e. The van der Waals surface area contributed by atoms with Crippen LogP contribution in [0.25, 0.3) is 17.2 Å². The first-order valence-corrected chi connectivity index (χ1v) is 17.0. The number of phosphoric acid groups is 3. The number of anilines is 1. The van der Waals surface area contributed by atoms with Gasteiger partial charge in [-0.3, -0.25) is 23.7 Å². The fourth-order valence-corrected chi connectivity index (χ4v) is 6.78. The Morgan fingerprint density at radius 3 is 2.61 bits per heavy atom. The van der Waals surface area contributed by atoms with Crippen LogP contribution in [-0.2, 0) is 42.9 Å². The largest absolute Gasteiger partial charge is 0.509 e. The van der Waals surface area contributed by atoms with Crippen LogP contribution in [0.1, 0.15) is 5.56 Å². The monoisotopic (exact) mass is 710 g/mol. The third-order valence-corrected chi connectivity index (χ3v) is 9.49. The number of carbonyl (C=O) groups excluding carboxylic acids is 1. The highest BCUT2D eigenvalue weighted by molar-refractivity contribution is 7.66. The first-order valence-electron chi connectivity index (χ1n) is 12.5. The molecule has 0 radical (unpaired) electrons. The van der Waals surface area contributed by atoms with Gasteiger partial charge in [0.2, 0.25) is 5.91 Å². The molecule has 4 heterocycles. The molecule has 2 unspecified atom stereocenters. The van der Waals surface area contributed by atoms with Gasteiger partial charge in [-0.25, -0.2) is 33.4 Å². The van der Waals surface area contributed by atoms with E-state index >= 15 is 0 Å². The van der Waals surface area contributed by atoms with Crippen molar-refractivity contribution in [3.8, 4) is 0 Å². The van der Waals surface area contributed by atoms with Gasteiger partial charge in [0, 0.05) is 30.9 Å². The van der Waals surface area contributed by atoms with Gasteiger partial charge in [0.15, 0.2) is 11.5 Å². The molecule has 3 atom stereocenters. The van der Waals surface area contributed by atoms with Crippen LogP contribution in [0.4, 0.5) is 5.82 Å². The topological polar surface area (TPSA) is 340 Å². The molecule has 0 saturated heterocycles. The van der Waals surface area contributed by atoms with Crippen LogP contribution in [0.2, 0.25) is 0 Å². The average molecular weight is 710 g/mol. The van der Waals surface area contributed by atoms with E-state index in [4.69, 9.17) is 14.5 Å². The van der Waals surface area contributed by atoms with Crippen molar-refractivity contribution in [2.75, 3.05) is 31.6 Å². The number of hydrogen-bond acceptors (Lipinski definition) is 15. The number of carbonyl (C=O) groups is 1. The highest BCUT2D eigenvalue weighted by Crippen LogP contribution is 2.66. The van der Waals surface area contributed by atoms with Gasteiger partial charge in [0.25, 0.3) is 5.56 Å². The fourth-order valence-electron chi connectivity index (χ4n) is 3.76. The third kappa shape index (κ3) is 9.82. The van der Waals surface area contributed by atoms with Crippen LogP contribution >= 0.6 is 23.5 Å². The van der Waals surface area contributed by atoms with Crippen molar-refractivity contribution in [2.24, 2.45) is 0 Å². The lowest BCUT2D eigenvalue weighted by Gasteiger charge is -2.17. The lowest BCUT2D eigenvalue weighted by Crippen LogP contribution is -2.31. The molecule has 0 aliphatic carbocycles. The Kier molecular flexibility index (Phi) is 10.9. The second-order valence-electron chi connectivity index (χ2n) is 9.02. The van der Waals surface area contributed by atoms with Gasteiger partial charge in [0.1, 0.15) is 23.7 Å². The second kappa shape index (κ2) is 14.3. The molecule has 1 aliphatic rings. The van der Waals surface area contributed by atoms with E-state index < -0.39 is 59.1 Å². The molecule has 0 fully saturated rings. The summed E-state index contributed by atoms with van der Waals surface area (Å²) in [6, 6.07) is 0. The molecule has 3 aromatic rings. The van der Waals surface area contributed by atoms with E-state index in [9.17, 15) is 43.0 Å². The van der Waals surface area contributed by atoms with Crippen LogP contribution in [0.5, 0.6) is 0 Å². The standard InChI is InChI=1S/C20H25N8O15P3/c29-14(21-3-4-22-17-15-18(24-9-23-15)26-10-25-17)2-1-11-5-28(20(32)27-19(11)31)6-12-7-40-13(16(12)30)8-41-45(36,37)43-46(38,39)42-44(33,34)35/h1-2,5,9-10,13,30H,3-4,6-8H2,(H,21,29)(H,36,37)(H,38,39)(H,27,31,32)(H2,33,34,35)(H2,22,23,24,25,26)/b2-1+/t13-/m1/s1. The lowest BCUT2D eigenvalue weighted by molar-refractivity contribution is -0.116. The Bertz CT molecular complexity index is 1930. The van der Waals surface area contributed by atoms with Crippen LogP contribution < -0.4 is 21.9 Å². The van der Waals surface area contributed by atoms with E-state index in [1.54, 1.807) is 0 Å². The summed E-state index contributed by atoms with van der Waals surface area (Å²) >= 11 is 0. The molecule has 0 aromatic carbocycles. The quantitative estimate of drug-likeness (QED) is 0.0518. The molecule has 0 spiro atoms. The van der Waals surface area contributed by atoms with Crippen molar-refractivity contribution >= 4 is 52.4 Å². The summed E-state index contributed by atoms with van der Waals surface area (Å²) < 4.78 is 51.9. The number of nitrogens with zero attached hydrogens (tertiary/aromatic N) is 4. The maximum atomic E-state index is 12.4. The van der Waals surface area contributed by atoms with Crippen molar-refractivity contribution in [1.29, 1.82) is 0 Å². The fraction of sp³-hybridized carbons (Fsp3) is 0.300. The number of phosphoric ester groups is 1. The number of ether oxygens (including phenoxy) is 1. The van der Waals surface area contributed by atoms with Crippen LogP contribution in [-0.4, -0.2) is 92.5 Å². The molecule has 3 aromatic heterocycles. The number of aromatic amines is 2. The summed E-state index contributed by atoms with van der Waals surface area (Å²) in [5, 5.41) is 16.1. The average Bonchev–Trinajstić information content (AvgIpc) is 3.55. The minimum absolute atomic E-state index is 0.0605. The highest BCUT2D eigenvalue weighted by atomic mass is 31.3. The minimum atomic E-state index is -5.75. The number of nitrogens with one attached hydrogen (secondary N) is 4. The number of aliphatic hydroxyl groups is 1. The van der Waals surface area contributed by atoms with Crippen LogP contribution in [0.15, 0.2) is 45.8 Å². The molecule has 0 bridgehead atoms. The summed E-state index contributed by atoms with van der Waals surface area (Å²) in [5.74, 6) is -0.630. The van der Waals surface area contributed by atoms with Gasteiger partial charge >= 0.3 is 29.2 Å². The number of H-pyrrole nitrogens is 2. The predicted molar refractivity (Wildman–Crippen MR) is 153 cm³/mol. The van der Waals surface area contributed by atoms with E-state index in [1.807, 2.05) is 0 Å². The van der Waals surface area contributed by atoms with E-state index in [0.717, 1.165) is 22.9 Å². The predicted octanol–water partition coefficient (Wildman–Crippen LogP) is -1.00. The third-order valence-electron chi connectivity index (χ3n) is 5.68. The first kappa shape index (κ1) is 35.0. The molecule has 26 heteroatoms. The van der Waals surface area contributed by atoms with Crippen molar-refractivity contribution in [3.05, 3.63) is 62.7 Å². The van der Waals surface area contributed by atoms with Crippen LogP contribution in [0.3, 0.4) is 0 Å². The first-order chi connectivity index (χ1) is 21.5. The van der Waals surface area contributed by atoms with Gasteiger partial charge in [-0.2, -0.15) is 8.62 Å². The normalized spacial score (nSPS) is 18.1.